The Kier molecular flexibility index (Phi) is 4.93. The SMILES string of the molecule is O=C(Cc1cc(Br)ccc1F)C1CCCCCC1. The number of carbonyl (C=O) groups is 1. The second-order valence-corrected chi connectivity index (χ2v) is 5.98. The number of Topliss-reactive ketones (excluding diaryl/α,β-unsaturated/α-hetero) is 1. The molecule has 0 bridgehead atoms. The van der Waals surface area contributed by atoms with Crippen molar-refractivity contribution in [3.8, 4) is 0 Å². The predicted octanol–water partition coefficient (Wildman–Crippen LogP) is 4.67. The lowest BCUT2D eigenvalue weighted by Crippen LogP contribution is -2.16. The molecule has 0 N–H and O–H groups in total. The third kappa shape index (κ3) is 3.64. The average molecular weight is 313 g/mol. The first-order chi connectivity index (χ1) is 8.66. The second-order valence-electron chi connectivity index (χ2n) is 5.07. The van der Waals surface area contributed by atoms with Crippen molar-refractivity contribution in [2.45, 2.75) is 44.9 Å². The Morgan fingerprint density at radius 2 is 1.89 bits per heavy atom. The number of ketones is 1. The van der Waals surface area contributed by atoms with Crippen LogP contribution in [0.4, 0.5) is 4.39 Å². The van der Waals surface area contributed by atoms with Crippen LogP contribution in [-0.4, -0.2) is 5.78 Å². The van der Waals surface area contributed by atoms with Gasteiger partial charge in [0.15, 0.2) is 0 Å². The van der Waals surface area contributed by atoms with Crippen molar-refractivity contribution in [3.63, 3.8) is 0 Å². The van der Waals surface area contributed by atoms with Crippen LogP contribution < -0.4 is 0 Å². The van der Waals surface area contributed by atoms with Crippen LogP contribution in [0.5, 0.6) is 0 Å². The van der Waals surface area contributed by atoms with Gasteiger partial charge in [-0.3, -0.25) is 4.79 Å². The third-order valence-electron chi connectivity index (χ3n) is 3.68. The highest BCUT2D eigenvalue weighted by Crippen LogP contribution is 2.25. The van der Waals surface area contributed by atoms with Gasteiger partial charge in [0.1, 0.15) is 11.6 Å². The Morgan fingerprint density at radius 3 is 2.56 bits per heavy atom. The maximum atomic E-state index is 13.6. The highest BCUT2D eigenvalue weighted by molar-refractivity contribution is 9.10. The van der Waals surface area contributed by atoms with Crippen molar-refractivity contribution in [3.05, 3.63) is 34.1 Å². The Bertz CT molecular complexity index is 423. The molecule has 0 unspecified atom stereocenters. The molecule has 18 heavy (non-hydrogen) atoms. The van der Waals surface area contributed by atoms with Crippen LogP contribution in [0.1, 0.15) is 44.1 Å². The van der Waals surface area contributed by atoms with Gasteiger partial charge in [-0.25, -0.2) is 4.39 Å². The van der Waals surface area contributed by atoms with Gasteiger partial charge in [-0.15, -0.1) is 0 Å². The first-order valence-corrected chi connectivity index (χ1v) is 7.43. The minimum absolute atomic E-state index is 0.144. The molecule has 1 saturated carbocycles. The van der Waals surface area contributed by atoms with E-state index < -0.39 is 0 Å². The monoisotopic (exact) mass is 312 g/mol. The van der Waals surface area contributed by atoms with Crippen LogP contribution in [-0.2, 0) is 11.2 Å². The number of hydrogen-bond donors (Lipinski definition) is 0. The van der Waals surface area contributed by atoms with Crippen LogP contribution in [0.3, 0.4) is 0 Å². The van der Waals surface area contributed by atoms with E-state index in [2.05, 4.69) is 15.9 Å². The smallest absolute Gasteiger partial charge is 0.140 e. The average Bonchev–Trinajstić information content (AvgIpc) is 2.62. The van der Waals surface area contributed by atoms with Gasteiger partial charge < -0.3 is 0 Å². The van der Waals surface area contributed by atoms with E-state index in [0.29, 0.717) is 5.56 Å². The van der Waals surface area contributed by atoms with Gasteiger partial charge in [0.2, 0.25) is 0 Å². The zero-order chi connectivity index (χ0) is 13.0. The largest absolute Gasteiger partial charge is 0.299 e. The van der Waals surface area contributed by atoms with Gasteiger partial charge >= 0.3 is 0 Å². The summed E-state index contributed by atoms with van der Waals surface area (Å²) < 4.78 is 14.4. The summed E-state index contributed by atoms with van der Waals surface area (Å²) in [6.07, 6.45) is 6.93. The van der Waals surface area contributed by atoms with E-state index in [1.807, 2.05) is 0 Å². The Hall–Kier alpha value is -0.700. The summed E-state index contributed by atoms with van der Waals surface area (Å²) in [6.45, 7) is 0. The summed E-state index contributed by atoms with van der Waals surface area (Å²) in [6, 6.07) is 4.79. The molecule has 0 saturated heterocycles. The van der Waals surface area contributed by atoms with Gasteiger partial charge in [0, 0.05) is 16.8 Å². The lowest BCUT2D eigenvalue weighted by Gasteiger charge is -2.13. The van der Waals surface area contributed by atoms with E-state index >= 15 is 0 Å². The minimum Gasteiger partial charge on any atom is -0.299 e. The molecule has 1 aliphatic rings. The lowest BCUT2D eigenvalue weighted by molar-refractivity contribution is -0.122. The van der Waals surface area contributed by atoms with E-state index in [0.717, 1.165) is 30.2 Å². The Balaban J connectivity index is 2.03. The zero-order valence-corrected chi connectivity index (χ0v) is 12.0. The van der Waals surface area contributed by atoms with Crippen molar-refractivity contribution in [2.24, 2.45) is 5.92 Å². The summed E-state index contributed by atoms with van der Waals surface area (Å²) in [7, 11) is 0. The molecule has 0 aromatic heterocycles. The topological polar surface area (TPSA) is 17.1 Å². The standard InChI is InChI=1S/C15H18BrFO/c16-13-7-8-14(17)12(9-13)10-15(18)11-5-3-1-2-4-6-11/h7-9,11H,1-6,10H2. The van der Waals surface area contributed by atoms with Crippen LogP contribution in [0.2, 0.25) is 0 Å². The summed E-state index contributed by atoms with van der Waals surface area (Å²) >= 11 is 3.32. The third-order valence-corrected chi connectivity index (χ3v) is 4.18. The van der Waals surface area contributed by atoms with Gasteiger partial charge in [-0.1, -0.05) is 41.6 Å². The Labute approximate surface area is 116 Å². The zero-order valence-electron chi connectivity index (χ0n) is 10.4. The summed E-state index contributed by atoms with van der Waals surface area (Å²) in [5, 5.41) is 0. The molecule has 0 radical (unpaired) electrons. The van der Waals surface area contributed by atoms with Gasteiger partial charge in [0.05, 0.1) is 0 Å². The quantitative estimate of drug-likeness (QED) is 0.741. The van der Waals surface area contributed by atoms with Gasteiger partial charge in [0.25, 0.3) is 0 Å². The number of halogens is 2. The summed E-state index contributed by atoms with van der Waals surface area (Å²) in [5.74, 6) is 0.0694. The van der Waals surface area contributed by atoms with Crippen molar-refractivity contribution >= 4 is 21.7 Å². The van der Waals surface area contributed by atoms with E-state index in [1.54, 1.807) is 12.1 Å². The van der Waals surface area contributed by atoms with Crippen molar-refractivity contribution in [1.82, 2.24) is 0 Å². The number of hydrogen-bond acceptors (Lipinski definition) is 1. The molecule has 0 amide bonds. The number of carbonyl (C=O) groups excluding carboxylic acids is 1. The molecule has 0 spiro atoms. The Morgan fingerprint density at radius 1 is 1.22 bits per heavy atom. The fourth-order valence-corrected chi connectivity index (χ4v) is 3.02. The van der Waals surface area contributed by atoms with Crippen molar-refractivity contribution in [1.29, 1.82) is 0 Å². The molecule has 98 valence electrons. The molecule has 1 aliphatic carbocycles. The van der Waals surface area contributed by atoms with Gasteiger partial charge in [-0.2, -0.15) is 0 Å². The van der Waals surface area contributed by atoms with Crippen LogP contribution in [0.15, 0.2) is 22.7 Å². The highest BCUT2D eigenvalue weighted by atomic mass is 79.9. The van der Waals surface area contributed by atoms with E-state index in [-0.39, 0.29) is 23.9 Å². The molecule has 1 aromatic carbocycles. The number of rotatable bonds is 3. The highest BCUT2D eigenvalue weighted by Gasteiger charge is 2.21. The lowest BCUT2D eigenvalue weighted by atomic mass is 9.91. The molecule has 3 heteroatoms. The summed E-state index contributed by atoms with van der Waals surface area (Å²) in [5.41, 5.74) is 0.513. The minimum atomic E-state index is -0.278. The summed E-state index contributed by atoms with van der Waals surface area (Å²) in [4.78, 5) is 12.2. The number of benzene rings is 1. The normalized spacial score (nSPS) is 17.4. The molecular formula is C15H18BrFO. The van der Waals surface area contributed by atoms with E-state index in [9.17, 15) is 9.18 Å². The van der Waals surface area contributed by atoms with E-state index in [1.165, 1.54) is 18.9 Å². The molecule has 1 fully saturated rings. The van der Waals surface area contributed by atoms with Crippen LogP contribution in [0, 0.1) is 11.7 Å². The first-order valence-electron chi connectivity index (χ1n) is 6.63. The maximum Gasteiger partial charge on any atom is 0.140 e. The molecule has 2 rings (SSSR count). The molecule has 0 atom stereocenters. The fraction of sp³-hybridized carbons (Fsp3) is 0.533. The van der Waals surface area contributed by atoms with Crippen molar-refractivity contribution in [2.75, 3.05) is 0 Å². The predicted molar refractivity (Wildman–Crippen MR) is 74.0 cm³/mol. The van der Waals surface area contributed by atoms with Gasteiger partial charge in [-0.05, 0) is 36.6 Å². The van der Waals surface area contributed by atoms with Crippen LogP contribution in [0.25, 0.3) is 0 Å². The molecule has 0 heterocycles. The maximum absolute atomic E-state index is 13.6. The first kappa shape index (κ1) is 13.7. The second kappa shape index (κ2) is 6.46. The fourth-order valence-electron chi connectivity index (χ4n) is 2.61. The van der Waals surface area contributed by atoms with E-state index in [4.69, 9.17) is 0 Å². The molecular weight excluding hydrogens is 295 g/mol. The van der Waals surface area contributed by atoms with Crippen LogP contribution >= 0.6 is 15.9 Å². The molecule has 1 aromatic rings. The van der Waals surface area contributed by atoms with Crippen molar-refractivity contribution < 1.29 is 9.18 Å². The molecule has 0 aliphatic heterocycles. The molecule has 1 nitrogen and oxygen atoms in total.